The number of piperidine rings is 1. The number of carbonyl (C=O) groups is 2. The van der Waals surface area contributed by atoms with Crippen molar-refractivity contribution in [2.24, 2.45) is 0 Å². The molecule has 2 N–H and O–H groups in total. The number of hydrogen-bond donors (Lipinski definition) is 2. The predicted octanol–water partition coefficient (Wildman–Crippen LogP) is 2.64. The van der Waals surface area contributed by atoms with Gasteiger partial charge in [0.1, 0.15) is 0 Å². The third-order valence-corrected chi connectivity index (χ3v) is 5.12. The van der Waals surface area contributed by atoms with E-state index in [9.17, 15) is 19.5 Å². The number of fused-ring (bicyclic) bond motifs is 1. The molecule has 0 radical (unpaired) electrons. The number of carboxylic acid groups (broad SMARTS) is 1. The quantitative estimate of drug-likeness (QED) is 0.730. The van der Waals surface area contributed by atoms with Crippen molar-refractivity contribution in [3.05, 3.63) is 75.7 Å². The van der Waals surface area contributed by atoms with Crippen molar-refractivity contribution in [2.75, 3.05) is 13.1 Å². The van der Waals surface area contributed by atoms with Crippen LogP contribution >= 0.6 is 0 Å². The number of nitrogens with zero attached hydrogens (tertiary/aromatic N) is 2. The van der Waals surface area contributed by atoms with E-state index in [0.717, 1.165) is 18.4 Å². The van der Waals surface area contributed by atoms with Crippen LogP contribution in [0.25, 0.3) is 11.0 Å². The minimum absolute atomic E-state index is 0.0246. The number of benzene rings is 2. The highest BCUT2D eigenvalue weighted by molar-refractivity contribution is 5.94. The summed E-state index contributed by atoms with van der Waals surface area (Å²) in [6.45, 7) is 0.970. The summed E-state index contributed by atoms with van der Waals surface area (Å²) in [7, 11) is 0. The van der Waals surface area contributed by atoms with Crippen LogP contribution < -0.4 is 5.56 Å². The Balaban J connectivity index is 1.60. The Hall–Kier alpha value is -3.48. The molecule has 2 heterocycles. The van der Waals surface area contributed by atoms with Gasteiger partial charge < -0.3 is 15.0 Å². The van der Waals surface area contributed by atoms with Crippen LogP contribution in [-0.2, 0) is 0 Å². The molecule has 1 saturated heterocycles. The first kappa shape index (κ1) is 17.9. The number of aromatic amines is 1. The molecule has 7 nitrogen and oxygen atoms in total. The summed E-state index contributed by atoms with van der Waals surface area (Å²) in [5.74, 6) is -1.35. The van der Waals surface area contributed by atoms with E-state index in [2.05, 4.69) is 9.97 Å². The lowest BCUT2D eigenvalue weighted by atomic mass is 9.89. The van der Waals surface area contributed by atoms with E-state index < -0.39 is 17.4 Å². The number of para-hydroxylation sites is 2. The van der Waals surface area contributed by atoms with Crippen LogP contribution in [0.1, 0.15) is 45.2 Å². The maximum absolute atomic E-state index is 13.0. The fraction of sp³-hybridized carbons (Fsp3) is 0.238. The van der Waals surface area contributed by atoms with Crippen LogP contribution in [-0.4, -0.2) is 44.9 Å². The predicted molar refractivity (Wildman–Crippen MR) is 104 cm³/mol. The molecule has 0 spiro atoms. The van der Waals surface area contributed by atoms with E-state index in [1.807, 2.05) is 6.07 Å². The molecule has 4 rings (SSSR count). The van der Waals surface area contributed by atoms with Gasteiger partial charge in [0, 0.05) is 19.0 Å². The fourth-order valence-electron chi connectivity index (χ4n) is 3.68. The van der Waals surface area contributed by atoms with Crippen LogP contribution in [0.15, 0.2) is 53.3 Å². The minimum atomic E-state index is -0.975. The summed E-state index contributed by atoms with van der Waals surface area (Å²) in [6.07, 6.45) is 1.63. The molecule has 1 amide bonds. The van der Waals surface area contributed by atoms with Gasteiger partial charge in [0.15, 0.2) is 5.69 Å². The van der Waals surface area contributed by atoms with E-state index in [4.69, 9.17) is 0 Å². The Bertz CT molecular complexity index is 1120. The van der Waals surface area contributed by atoms with Crippen molar-refractivity contribution in [2.45, 2.75) is 18.8 Å². The first-order valence-corrected chi connectivity index (χ1v) is 9.14. The fourth-order valence-corrected chi connectivity index (χ4v) is 3.68. The molecule has 2 aromatic carbocycles. The maximum atomic E-state index is 13.0. The van der Waals surface area contributed by atoms with Crippen molar-refractivity contribution in [3.63, 3.8) is 0 Å². The number of nitrogens with one attached hydrogen (secondary N) is 1. The van der Waals surface area contributed by atoms with Crippen LogP contribution in [0.2, 0.25) is 0 Å². The second kappa shape index (κ2) is 7.26. The largest absolute Gasteiger partial charge is 0.478 e. The first-order valence-electron chi connectivity index (χ1n) is 9.14. The van der Waals surface area contributed by atoms with Crippen LogP contribution in [0, 0.1) is 0 Å². The van der Waals surface area contributed by atoms with Crippen LogP contribution in [0.4, 0.5) is 0 Å². The Kier molecular flexibility index (Phi) is 4.65. The van der Waals surface area contributed by atoms with Gasteiger partial charge in [-0.15, -0.1) is 0 Å². The molecular weight excluding hydrogens is 358 g/mol. The molecule has 0 unspecified atom stereocenters. The summed E-state index contributed by atoms with van der Waals surface area (Å²) in [6, 6.07) is 13.9. The average Bonchev–Trinajstić information content (AvgIpc) is 2.73. The highest BCUT2D eigenvalue weighted by Crippen LogP contribution is 2.28. The molecule has 28 heavy (non-hydrogen) atoms. The number of aromatic nitrogens is 2. The Labute approximate surface area is 160 Å². The van der Waals surface area contributed by atoms with Gasteiger partial charge in [0.2, 0.25) is 0 Å². The standard InChI is InChI=1S/C21H19N3O4/c25-19-18(22-16-8-1-2-9-17(16)23-19)20(26)24-10-4-7-15(12-24)13-5-3-6-14(11-13)21(27)28/h1-3,5-6,8-9,11,15H,4,7,10,12H2,(H,23,25)(H,27,28)/t15-/m0/s1. The number of amides is 1. The van der Waals surface area contributed by atoms with E-state index >= 15 is 0 Å². The minimum Gasteiger partial charge on any atom is -0.478 e. The summed E-state index contributed by atoms with van der Waals surface area (Å²) in [5, 5.41) is 9.20. The van der Waals surface area contributed by atoms with Crippen molar-refractivity contribution in [1.82, 2.24) is 14.9 Å². The van der Waals surface area contributed by atoms with Gasteiger partial charge in [-0.3, -0.25) is 9.59 Å². The Morgan fingerprint density at radius 3 is 2.79 bits per heavy atom. The number of H-pyrrole nitrogens is 1. The smallest absolute Gasteiger partial charge is 0.335 e. The number of hydrogen-bond acceptors (Lipinski definition) is 4. The van der Waals surface area contributed by atoms with E-state index in [1.165, 1.54) is 0 Å². The molecular formula is C21H19N3O4. The summed E-state index contributed by atoms with van der Waals surface area (Å²) in [4.78, 5) is 45.2. The summed E-state index contributed by atoms with van der Waals surface area (Å²) in [5.41, 5.74) is 1.66. The van der Waals surface area contributed by atoms with Gasteiger partial charge in [-0.05, 0) is 42.7 Å². The second-order valence-electron chi connectivity index (χ2n) is 6.95. The van der Waals surface area contributed by atoms with Gasteiger partial charge in [-0.25, -0.2) is 9.78 Å². The molecule has 1 aliphatic rings. The molecule has 1 atom stereocenters. The highest BCUT2D eigenvalue weighted by atomic mass is 16.4. The van der Waals surface area contributed by atoms with Crippen LogP contribution in [0.3, 0.4) is 0 Å². The molecule has 0 bridgehead atoms. The molecule has 1 fully saturated rings. The number of carbonyl (C=O) groups excluding carboxylic acids is 1. The van der Waals surface area contributed by atoms with Gasteiger partial charge in [-0.2, -0.15) is 0 Å². The zero-order valence-electron chi connectivity index (χ0n) is 15.1. The van der Waals surface area contributed by atoms with Crippen molar-refractivity contribution >= 4 is 22.9 Å². The lowest BCUT2D eigenvalue weighted by Crippen LogP contribution is -2.41. The molecule has 7 heteroatoms. The van der Waals surface area contributed by atoms with E-state index in [1.54, 1.807) is 47.4 Å². The zero-order chi connectivity index (χ0) is 19.7. The molecule has 0 saturated carbocycles. The molecule has 0 aliphatic carbocycles. The first-order chi connectivity index (χ1) is 13.5. The SMILES string of the molecule is O=C(O)c1cccc([C@H]2CCCN(C(=O)c3nc4ccccc4[nH]c3=O)C2)c1. The van der Waals surface area contributed by atoms with Crippen molar-refractivity contribution in [1.29, 1.82) is 0 Å². The van der Waals surface area contributed by atoms with Gasteiger partial charge >= 0.3 is 5.97 Å². The van der Waals surface area contributed by atoms with E-state index in [-0.39, 0.29) is 17.2 Å². The lowest BCUT2D eigenvalue weighted by Gasteiger charge is -2.32. The molecule has 3 aromatic rings. The monoisotopic (exact) mass is 377 g/mol. The van der Waals surface area contributed by atoms with Gasteiger partial charge in [0.05, 0.1) is 16.6 Å². The van der Waals surface area contributed by atoms with Crippen LogP contribution in [0.5, 0.6) is 0 Å². The third kappa shape index (κ3) is 3.38. The Morgan fingerprint density at radius 1 is 1.14 bits per heavy atom. The van der Waals surface area contributed by atoms with Gasteiger partial charge in [0.25, 0.3) is 11.5 Å². The third-order valence-electron chi connectivity index (χ3n) is 5.12. The Morgan fingerprint density at radius 2 is 1.96 bits per heavy atom. The topological polar surface area (TPSA) is 103 Å². The molecule has 1 aromatic heterocycles. The van der Waals surface area contributed by atoms with Gasteiger partial charge in [-0.1, -0.05) is 24.3 Å². The number of aromatic carboxylic acids is 1. The second-order valence-corrected chi connectivity index (χ2v) is 6.95. The summed E-state index contributed by atoms with van der Waals surface area (Å²) < 4.78 is 0. The number of carboxylic acids is 1. The number of rotatable bonds is 3. The van der Waals surface area contributed by atoms with Crippen molar-refractivity contribution < 1.29 is 14.7 Å². The average molecular weight is 377 g/mol. The molecule has 142 valence electrons. The number of likely N-dealkylation sites (tertiary alicyclic amines) is 1. The summed E-state index contributed by atoms with van der Waals surface area (Å²) >= 11 is 0. The zero-order valence-corrected chi connectivity index (χ0v) is 15.1. The van der Waals surface area contributed by atoms with E-state index in [0.29, 0.717) is 24.1 Å². The van der Waals surface area contributed by atoms with Crippen molar-refractivity contribution in [3.8, 4) is 0 Å². The normalized spacial score (nSPS) is 16.9. The maximum Gasteiger partial charge on any atom is 0.335 e. The molecule has 1 aliphatic heterocycles. The highest BCUT2D eigenvalue weighted by Gasteiger charge is 2.28. The lowest BCUT2D eigenvalue weighted by molar-refractivity contribution is 0.0685.